The molecule has 3 rings (SSSR count). The first kappa shape index (κ1) is 27.9. The Morgan fingerprint density at radius 3 is 2.29 bits per heavy atom. The number of carbonyl (C=O) groups is 1. The highest BCUT2D eigenvalue weighted by Gasteiger charge is 2.28. The van der Waals surface area contributed by atoms with Gasteiger partial charge in [0, 0.05) is 26.2 Å². The van der Waals surface area contributed by atoms with Crippen LogP contribution in [0.3, 0.4) is 0 Å². The number of benzene rings is 1. The van der Waals surface area contributed by atoms with Gasteiger partial charge in [-0.25, -0.2) is 8.42 Å². The minimum absolute atomic E-state index is 0.00334. The van der Waals surface area contributed by atoms with Crippen molar-refractivity contribution in [1.82, 2.24) is 14.1 Å². The number of amides is 1. The zero-order valence-corrected chi connectivity index (χ0v) is 22.7. The van der Waals surface area contributed by atoms with Crippen molar-refractivity contribution in [3.63, 3.8) is 0 Å². The van der Waals surface area contributed by atoms with Crippen LogP contribution >= 0.6 is 0 Å². The summed E-state index contributed by atoms with van der Waals surface area (Å²) in [5.41, 5.74) is 1.31. The van der Waals surface area contributed by atoms with Crippen molar-refractivity contribution in [3.8, 4) is 5.75 Å². The van der Waals surface area contributed by atoms with Gasteiger partial charge in [-0.15, -0.1) is 0 Å². The van der Waals surface area contributed by atoms with Crippen LogP contribution in [0.25, 0.3) is 0 Å². The van der Waals surface area contributed by atoms with Gasteiger partial charge in [-0.1, -0.05) is 6.92 Å². The summed E-state index contributed by atoms with van der Waals surface area (Å²) in [6.07, 6.45) is 6.00. The van der Waals surface area contributed by atoms with Crippen LogP contribution in [0, 0.1) is 19.8 Å². The number of piperidine rings is 1. The average Bonchev–Trinajstić information content (AvgIpc) is 3.35. The fourth-order valence-electron chi connectivity index (χ4n) is 5.27. The lowest BCUT2D eigenvalue weighted by atomic mass is 9.93. The highest BCUT2D eigenvalue weighted by molar-refractivity contribution is 7.89. The zero-order valence-electron chi connectivity index (χ0n) is 21.9. The topological polar surface area (TPSA) is 79.4 Å². The van der Waals surface area contributed by atoms with E-state index in [4.69, 9.17) is 9.47 Å². The Morgan fingerprint density at radius 2 is 1.71 bits per heavy atom. The fraction of sp³-hybridized carbons (Fsp3) is 0.731. The van der Waals surface area contributed by atoms with Gasteiger partial charge in [0.15, 0.2) is 0 Å². The Labute approximate surface area is 211 Å². The molecule has 2 aliphatic rings. The molecule has 2 fully saturated rings. The molecule has 2 saturated heterocycles. The number of aryl methyl sites for hydroxylation is 2. The third-order valence-electron chi connectivity index (χ3n) is 7.35. The quantitative estimate of drug-likeness (QED) is 0.403. The third kappa shape index (κ3) is 7.41. The number of hydrogen-bond acceptors (Lipinski definition) is 6. The second kappa shape index (κ2) is 13.0. The first-order valence-corrected chi connectivity index (χ1v) is 14.4. The van der Waals surface area contributed by atoms with Gasteiger partial charge in [-0.3, -0.25) is 4.79 Å². The number of sulfonamides is 1. The SMILES string of the molecule is CCN(CCOCC(=O)N1CCC(CCN2CCCC2)CC1)S(=O)(=O)c1c(C)cc(OC)cc1C. The van der Waals surface area contributed by atoms with Gasteiger partial charge < -0.3 is 19.3 Å². The van der Waals surface area contributed by atoms with Gasteiger partial charge in [-0.2, -0.15) is 4.31 Å². The predicted molar refractivity (Wildman–Crippen MR) is 137 cm³/mol. The molecule has 0 aliphatic carbocycles. The lowest BCUT2D eigenvalue weighted by molar-refractivity contribution is -0.137. The summed E-state index contributed by atoms with van der Waals surface area (Å²) < 4.78 is 38.9. The van der Waals surface area contributed by atoms with Crippen molar-refractivity contribution in [1.29, 1.82) is 0 Å². The number of hydrogen-bond donors (Lipinski definition) is 0. The number of rotatable bonds is 12. The highest BCUT2D eigenvalue weighted by Crippen LogP contribution is 2.28. The highest BCUT2D eigenvalue weighted by atomic mass is 32.2. The molecule has 0 atom stereocenters. The minimum Gasteiger partial charge on any atom is -0.497 e. The summed E-state index contributed by atoms with van der Waals surface area (Å²) in [5, 5.41) is 0. The van der Waals surface area contributed by atoms with Crippen LogP contribution < -0.4 is 4.74 Å². The molecule has 1 amide bonds. The third-order valence-corrected chi connectivity index (χ3v) is 9.63. The molecule has 0 bridgehead atoms. The Hall–Kier alpha value is -1.68. The van der Waals surface area contributed by atoms with Crippen molar-refractivity contribution in [3.05, 3.63) is 23.3 Å². The van der Waals surface area contributed by atoms with Crippen LogP contribution in [-0.2, 0) is 19.6 Å². The molecule has 8 nitrogen and oxygen atoms in total. The van der Waals surface area contributed by atoms with E-state index in [9.17, 15) is 13.2 Å². The fourth-order valence-corrected chi connectivity index (χ4v) is 7.12. The molecular formula is C26H43N3O5S. The molecule has 0 radical (unpaired) electrons. The minimum atomic E-state index is -3.68. The van der Waals surface area contributed by atoms with E-state index in [2.05, 4.69) is 4.90 Å². The number of carbonyl (C=O) groups excluding carboxylic acids is 1. The van der Waals surface area contributed by atoms with Crippen LogP contribution in [0.5, 0.6) is 5.75 Å². The summed E-state index contributed by atoms with van der Waals surface area (Å²) in [6.45, 7) is 11.3. The summed E-state index contributed by atoms with van der Waals surface area (Å²) in [7, 11) is -2.11. The van der Waals surface area contributed by atoms with Crippen LogP contribution in [0.4, 0.5) is 0 Å². The molecule has 198 valence electrons. The van der Waals surface area contributed by atoms with Crippen molar-refractivity contribution >= 4 is 15.9 Å². The Bertz CT molecular complexity index is 915. The van der Waals surface area contributed by atoms with E-state index in [0.717, 1.165) is 25.9 Å². The summed E-state index contributed by atoms with van der Waals surface area (Å²) in [4.78, 5) is 17.4. The number of nitrogens with zero attached hydrogens (tertiary/aromatic N) is 3. The predicted octanol–water partition coefficient (Wildman–Crippen LogP) is 3.06. The molecule has 0 aromatic heterocycles. The van der Waals surface area contributed by atoms with Gasteiger partial charge >= 0.3 is 0 Å². The Balaban J connectivity index is 1.42. The lowest BCUT2D eigenvalue weighted by Crippen LogP contribution is -2.41. The van der Waals surface area contributed by atoms with Crippen molar-refractivity contribution in [2.75, 3.05) is 66.1 Å². The summed E-state index contributed by atoms with van der Waals surface area (Å²) >= 11 is 0. The van der Waals surface area contributed by atoms with E-state index >= 15 is 0 Å². The van der Waals surface area contributed by atoms with Gasteiger partial charge in [0.25, 0.3) is 0 Å². The molecule has 35 heavy (non-hydrogen) atoms. The first-order valence-electron chi connectivity index (χ1n) is 13.0. The number of likely N-dealkylation sites (tertiary alicyclic amines) is 2. The number of methoxy groups -OCH3 is 1. The van der Waals surface area contributed by atoms with E-state index in [-0.39, 0.29) is 25.7 Å². The van der Waals surface area contributed by atoms with Crippen molar-refractivity contribution in [2.24, 2.45) is 5.92 Å². The summed E-state index contributed by atoms with van der Waals surface area (Å²) in [5.74, 6) is 1.34. The Kier molecular flexibility index (Phi) is 10.4. The molecule has 0 spiro atoms. The second-order valence-corrected chi connectivity index (χ2v) is 11.7. The van der Waals surface area contributed by atoms with Gasteiger partial charge in [0.2, 0.25) is 15.9 Å². The van der Waals surface area contributed by atoms with Gasteiger partial charge in [0.05, 0.1) is 18.6 Å². The molecule has 1 aromatic rings. The average molecular weight is 510 g/mol. The van der Waals surface area contributed by atoms with E-state index < -0.39 is 10.0 Å². The molecular weight excluding hydrogens is 466 g/mol. The van der Waals surface area contributed by atoms with Gasteiger partial charge in [0.1, 0.15) is 12.4 Å². The lowest BCUT2D eigenvalue weighted by Gasteiger charge is -2.32. The van der Waals surface area contributed by atoms with E-state index in [1.807, 2.05) is 11.8 Å². The molecule has 2 heterocycles. The van der Waals surface area contributed by atoms with Crippen molar-refractivity contribution in [2.45, 2.75) is 57.8 Å². The molecule has 9 heteroatoms. The Morgan fingerprint density at radius 1 is 1.09 bits per heavy atom. The maximum Gasteiger partial charge on any atom is 0.248 e. The molecule has 0 N–H and O–H groups in total. The van der Waals surface area contributed by atoms with Crippen molar-refractivity contribution < 1.29 is 22.7 Å². The molecule has 1 aromatic carbocycles. The van der Waals surface area contributed by atoms with Crippen LogP contribution in [-0.4, -0.2) is 94.6 Å². The smallest absolute Gasteiger partial charge is 0.248 e. The van der Waals surface area contributed by atoms with E-state index in [1.165, 1.54) is 43.2 Å². The summed E-state index contributed by atoms with van der Waals surface area (Å²) in [6, 6.07) is 3.47. The van der Waals surface area contributed by atoms with Gasteiger partial charge in [-0.05, 0) is 94.8 Å². The van der Waals surface area contributed by atoms with E-state index in [0.29, 0.717) is 34.2 Å². The first-order chi connectivity index (χ1) is 16.8. The van der Waals surface area contributed by atoms with E-state index in [1.54, 1.807) is 33.1 Å². The monoisotopic (exact) mass is 509 g/mol. The molecule has 0 saturated carbocycles. The second-order valence-electron chi connectivity index (χ2n) is 9.80. The normalized spacial score (nSPS) is 17.9. The largest absolute Gasteiger partial charge is 0.497 e. The molecule has 2 aliphatic heterocycles. The maximum atomic E-state index is 13.3. The molecule has 0 unspecified atom stereocenters. The maximum absolute atomic E-state index is 13.3. The number of ether oxygens (including phenoxy) is 2. The number of likely N-dealkylation sites (N-methyl/N-ethyl adjacent to an activating group) is 1. The van der Waals surface area contributed by atoms with Crippen LogP contribution in [0.2, 0.25) is 0 Å². The van der Waals surface area contributed by atoms with Crippen LogP contribution in [0.1, 0.15) is 50.2 Å². The van der Waals surface area contributed by atoms with Crippen LogP contribution in [0.15, 0.2) is 17.0 Å². The zero-order chi connectivity index (χ0) is 25.4. The standard InChI is InChI=1S/C26H43N3O5S/c1-5-29(35(31,32)26-21(2)18-24(33-4)19-22(26)3)16-17-34-20-25(30)28-14-9-23(10-15-28)8-13-27-11-6-7-12-27/h18-19,23H,5-17,20H2,1-4H3.